The van der Waals surface area contributed by atoms with E-state index in [-0.39, 0.29) is 49.8 Å². The maximum absolute atomic E-state index is 14.7. The number of piperazine rings is 1. The first kappa shape index (κ1) is 31.6. The number of hydrogen-bond acceptors (Lipinski definition) is 8. The molecule has 16 heteroatoms. The van der Waals surface area contributed by atoms with E-state index in [4.69, 9.17) is 0 Å². The average Bonchev–Trinajstić information content (AvgIpc) is 3.40. The van der Waals surface area contributed by atoms with E-state index in [9.17, 15) is 31.9 Å². The number of ether oxygens (including phenoxy) is 1. The van der Waals surface area contributed by atoms with E-state index in [1.165, 1.54) is 35.2 Å². The largest absolute Gasteiger partial charge is 0.573 e. The topological polar surface area (TPSA) is 127 Å². The molecule has 2 amide bonds. The molecule has 0 spiro atoms. The van der Waals surface area contributed by atoms with Gasteiger partial charge in [-0.1, -0.05) is 17.3 Å². The first-order valence-electron chi connectivity index (χ1n) is 13.5. The van der Waals surface area contributed by atoms with Gasteiger partial charge in [0.2, 0.25) is 5.91 Å². The first-order chi connectivity index (χ1) is 20.4. The van der Waals surface area contributed by atoms with Crippen LogP contribution in [0.5, 0.6) is 5.75 Å². The molecule has 2 aromatic heterocycles. The molecule has 3 heterocycles. The van der Waals surface area contributed by atoms with Crippen molar-refractivity contribution >= 4 is 17.5 Å². The zero-order chi connectivity index (χ0) is 31.0. The van der Waals surface area contributed by atoms with Gasteiger partial charge in [0.15, 0.2) is 5.69 Å². The fraction of sp³-hybridized carbons (Fsp3) is 0.444. The Hall–Kier alpha value is -4.31. The van der Waals surface area contributed by atoms with Crippen LogP contribution >= 0.6 is 0 Å². The summed E-state index contributed by atoms with van der Waals surface area (Å²) < 4.78 is 58.3. The third-order valence-corrected chi connectivity index (χ3v) is 6.67. The van der Waals surface area contributed by atoms with Gasteiger partial charge in [-0.05, 0) is 37.2 Å². The van der Waals surface area contributed by atoms with Crippen LogP contribution in [0.1, 0.15) is 22.5 Å². The molecule has 0 radical (unpaired) electrons. The lowest BCUT2D eigenvalue weighted by atomic mass is 10.2. The number of alkyl halides is 4. The number of anilines is 1. The van der Waals surface area contributed by atoms with Gasteiger partial charge >= 0.3 is 6.36 Å². The van der Waals surface area contributed by atoms with Crippen LogP contribution in [-0.4, -0.2) is 93.5 Å². The van der Waals surface area contributed by atoms with Crippen molar-refractivity contribution < 1.29 is 31.9 Å². The third kappa shape index (κ3) is 10.2. The molecule has 1 unspecified atom stereocenters. The maximum Gasteiger partial charge on any atom is 0.573 e. The molecule has 2 N–H and O–H groups in total. The van der Waals surface area contributed by atoms with Crippen molar-refractivity contribution in [3.63, 3.8) is 0 Å². The number of pyridine rings is 1. The quantitative estimate of drug-likeness (QED) is 0.299. The van der Waals surface area contributed by atoms with Crippen LogP contribution in [0, 0.1) is 0 Å². The normalized spacial score (nSPS) is 15.2. The van der Waals surface area contributed by atoms with Gasteiger partial charge in [-0.25, -0.2) is 9.07 Å². The van der Waals surface area contributed by atoms with Gasteiger partial charge in [0.1, 0.15) is 11.9 Å². The van der Waals surface area contributed by atoms with E-state index in [1.54, 1.807) is 6.07 Å². The van der Waals surface area contributed by atoms with Crippen molar-refractivity contribution in [2.75, 3.05) is 45.1 Å². The molecule has 0 saturated carbocycles. The number of rotatable bonds is 12. The highest BCUT2D eigenvalue weighted by Gasteiger charge is 2.31. The van der Waals surface area contributed by atoms with E-state index in [0.717, 1.165) is 43.0 Å². The van der Waals surface area contributed by atoms with Gasteiger partial charge in [0, 0.05) is 57.2 Å². The number of carbonyl (C=O) groups excluding carboxylic acids is 2. The second-order valence-electron chi connectivity index (χ2n) is 10.2. The summed E-state index contributed by atoms with van der Waals surface area (Å²) >= 11 is 0. The minimum absolute atomic E-state index is 0.0211. The van der Waals surface area contributed by atoms with Crippen molar-refractivity contribution in [3.05, 3.63) is 70.4 Å². The molecular formula is C27H32F4N8O4. The summed E-state index contributed by atoms with van der Waals surface area (Å²) in [5.41, 5.74) is 0.242. The highest BCUT2D eigenvalue weighted by atomic mass is 19.4. The molecule has 4 rings (SSSR count). The predicted molar refractivity (Wildman–Crippen MR) is 147 cm³/mol. The number of carbonyl (C=O) groups is 2. The van der Waals surface area contributed by atoms with E-state index in [0.29, 0.717) is 11.3 Å². The minimum atomic E-state index is -4.83. The Bertz CT molecular complexity index is 1450. The number of amides is 2. The number of aryl methyl sites for hydroxylation is 1. The molecule has 3 aromatic rings. The SMILES string of the molecule is CN1CCN(CC(=O)Nc2ccn(CCC(F)Cn3cc(C(=O)NCc4cccc(OC(F)(F)F)c4)nn3)c(=O)c2)CC1. The summed E-state index contributed by atoms with van der Waals surface area (Å²) in [6.45, 7) is 3.36. The number of hydrogen-bond donors (Lipinski definition) is 2. The Morgan fingerprint density at radius 1 is 1.12 bits per heavy atom. The maximum atomic E-state index is 14.7. The van der Waals surface area contributed by atoms with Crippen molar-refractivity contribution in [1.29, 1.82) is 0 Å². The van der Waals surface area contributed by atoms with Crippen LogP contribution in [0.25, 0.3) is 0 Å². The highest BCUT2D eigenvalue weighted by Crippen LogP contribution is 2.23. The van der Waals surface area contributed by atoms with Crippen molar-refractivity contribution in [2.45, 2.75) is 38.6 Å². The van der Waals surface area contributed by atoms with Crippen LogP contribution in [0.3, 0.4) is 0 Å². The van der Waals surface area contributed by atoms with Gasteiger partial charge in [-0.2, -0.15) is 0 Å². The monoisotopic (exact) mass is 608 g/mol. The minimum Gasteiger partial charge on any atom is -0.406 e. The van der Waals surface area contributed by atoms with Gasteiger partial charge in [0.25, 0.3) is 11.5 Å². The Kier molecular flexibility index (Phi) is 10.5. The molecule has 1 fully saturated rings. The summed E-state index contributed by atoms with van der Waals surface area (Å²) in [6.07, 6.45) is -3.53. The third-order valence-electron chi connectivity index (χ3n) is 6.67. The molecule has 0 bridgehead atoms. The van der Waals surface area contributed by atoms with Gasteiger partial charge in [-0.3, -0.25) is 19.3 Å². The number of benzene rings is 1. The van der Waals surface area contributed by atoms with E-state index < -0.39 is 24.2 Å². The fourth-order valence-corrected chi connectivity index (χ4v) is 4.37. The second kappa shape index (κ2) is 14.2. The molecule has 232 valence electrons. The zero-order valence-electron chi connectivity index (χ0n) is 23.4. The van der Waals surface area contributed by atoms with Crippen LogP contribution in [0.15, 0.2) is 53.6 Å². The van der Waals surface area contributed by atoms with Gasteiger partial charge < -0.3 is 24.8 Å². The van der Waals surface area contributed by atoms with Crippen LogP contribution < -0.4 is 20.9 Å². The number of nitrogens with one attached hydrogen (secondary N) is 2. The number of aromatic nitrogens is 4. The Balaban J connectivity index is 1.20. The summed E-state index contributed by atoms with van der Waals surface area (Å²) in [7, 11) is 2.03. The van der Waals surface area contributed by atoms with Crippen LogP contribution in [0.4, 0.5) is 23.2 Å². The Labute approximate surface area is 244 Å². The second-order valence-corrected chi connectivity index (χ2v) is 10.2. The first-order valence-corrected chi connectivity index (χ1v) is 13.5. The molecule has 1 aromatic carbocycles. The molecule has 1 saturated heterocycles. The molecule has 1 atom stereocenters. The van der Waals surface area contributed by atoms with Gasteiger partial charge in [0.05, 0.1) is 19.3 Å². The van der Waals surface area contributed by atoms with E-state index in [1.807, 2.05) is 11.9 Å². The summed E-state index contributed by atoms with van der Waals surface area (Å²) in [4.78, 5) is 41.4. The summed E-state index contributed by atoms with van der Waals surface area (Å²) in [5, 5.41) is 12.7. The van der Waals surface area contributed by atoms with Crippen molar-refractivity contribution in [1.82, 2.24) is 34.7 Å². The Morgan fingerprint density at radius 2 is 1.88 bits per heavy atom. The lowest BCUT2D eigenvalue weighted by molar-refractivity contribution is -0.274. The standard InChI is InChI=1S/C27H32F4N8O4/c1-36-9-11-37(12-10-36)18-24(40)33-21-6-8-38(25(41)14-21)7-5-20(28)16-39-17-23(34-35-39)26(42)32-15-19-3-2-4-22(13-19)43-27(29,30)31/h2-4,6,8,13-14,17,20H,5,7,9-12,15-16,18H2,1H3,(H,32,42)(H,33,40). The van der Waals surface area contributed by atoms with Crippen LogP contribution in [-0.2, 0) is 24.4 Å². The summed E-state index contributed by atoms with van der Waals surface area (Å²) in [6, 6.07) is 8.02. The zero-order valence-corrected chi connectivity index (χ0v) is 23.4. The Morgan fingerprint density at radius 3 is 2.60 bits per heavy atom. The number of likely N-dealkylation sites (N-methyl/N-ethyl adjacent to an activating group) is 1. The number of nitrogens with zero attached hydrogens (tertiary/aromatic N) is 6. The molecule has 12 nitrogen and oxygen atoms in total. The van der Waals surface area contributed by atoms with Crippen LogP contribution in [0.2, 0.25) is 0 Å². The highest BCUT2D eigenvalue weighted by molar-refractivity contribution is 5.92. The molecule has 43 heavy (non-hydrogen) atoms. The molecule has 0 aliphatic carbocycles. The molecular weight excluding hydrogens is 576 g/mol. The van der Waals surface area contributed by atoms with E-state index in [2.05, 4.69) is 30.6 Å². The molecule has 1 aliphatic rings. The van der Waals surface area contributed by atoms with E-state index >= 15 is 0 Å². The summed E-state index contributed by atoms with van der Waals surface area (Å²) in [5.74, 6) is -1.27. The van der Waals surface area contributed by atoms with Crippen molar-refractivity contribution in [3.8, 4) is 5.75 Å². The van der Waals surface area contributed by atoms with Crippen molar-refractivity contribution in [2.24, 2.45) is 0 Å². The fourth-order valence-electron chi connectivity index (χ4n) is 4.37. The van der Waals surface area contributed by atoms with Gasteiger partial charge in [-0.15, -0.1) is 18.3 Å². The molecule has 1 aliphatic heterocycles. The number of halogens is 4. The lowest BCUT2D eigenvalue weighted by Gasteiger charge is -2.31. The lowest BCUT2D eigenvalue weighted by Crippen LogP contribution is -2.47. The smallest absolute Gasteiger partial charge is 0.406 e. The average molecular weight is 609 g/mol. The predicted octanol–water partition coefficient (Wildman–Crippen LogP) is 1.88.